The molecule has 2 atom stereocenters. The molecule has 2 N–H and O–H groups in total. The lowest BCUT2D eigenvalue weighted by Crippen LogP contribution is -2.39. The van der Waals surface area contributed by atoms with Crippen LogP contribution in [0.4, 0.5) is 0 Å². The molecule has 1 aromatic carbocycles. The van der Waals surface area contributed by atoms with Crippen LogP contribution in [0.25, 0.3) is 0 Å². The van der Waals surface area contributed by atoms with E-state index in [1.807, 2.05) is 0 Å². The van der Waals surface area contributed by atoms with Gasteiger partial charge in [-0.05, 0) is 61.9 Å². The molecular weight excluding hydrogens is 236 g/mol. The van der Waals surface area contributed by atoms with Crippen molar-refractivity contribution < 1.29 is 4.74 Å². The Morgan fingerprint density at radius 2 is 2.21 bits per heavy atom. The van der Waals surface area contributed by atoms with Gasteiger partial charge in [-0.25, -0.2) is 0 Å². The minimum atomic E-state index is 0.551. The summed E-state index contributed by atoms with van der Waals surface area (Å²) in [6, 6.07) is 7.70. The van der Waals surface area contributed by atoms with Crippen molar-refractivity contribution in [2.75, 3.05) is 20.2 Å². The molecule has 0 bridgehead atoms. The molecule has 1 saturated heterocycles. The fourth-order valence-electron chi connectivity index (χ4n) is 3.75. The van der Waals surface area contributed by atoms with Gasteiger partial charge < -0.3 is 10.5 Å². The highest BCUT2D eigenvalue weighted by molar-refractivity contribution is 5.39. The van der Waals surface area contributed by atoms with Crippen molar-refractivity contribution in [3.63, 3.8) is 0 Å². The summed E-state index contributed by atoms with van der Waals surface area (Å²) in [5.74, 6) is 0.981. The average Bonchev–Trinajstić information content (AvgIpc) is 2.94. The number of ether oxygens (including phenoxy) is 1. The topological polar surface area (TPSA) is 38.5 Å². The van der Waals surface area contributed by atoms with Crippen molar-refractivity contribution >= 4 is 0 Å². The molecule has 1 heterocycles. The Bertz CT molecular complexity index is 446. The van der Waals surface area contributed by atoms with Crippen molar-refractivity contribution in [2.24, 2.45) is 5.73 Å². The minimum Gasteiger partial charge on any atom is -0.497 e. The van der Waals surface area contributed by atoms with Gasteiger partial charge in [-0.15, -0.1) is 0 Å². The fraction of sp³-hybridized carbons (Fsp3) is 0.625. The number of nitrogens with zero attached hydrogens (tertiary/aromatic N) is 1. The number of likely N-dealkylation sites (tertiary alicyclic amines) is 1. The maximum atomic E-state index is 5.94. The Morgan fingerprint density at radius 1 is 1.32 bits per heavy atom. The van der Waals surface area contributed by atoms with Gasteiger partial charge >= 0.3 is 0 Å². The van der Waals surface area contributed by atoms with E-state index < -0.39 is 0 Å². The summed E-state index contributed by atoms with van der Waals surface area (Å²) in [7, 11) is 1.75. The number of hydrogen-bond acceptors (Lipinski definition) is 3. The lowest BCUT2D eigenvalue weighted by Gasteiger charge is -2.36. The zero-order chi connectivity index (χ0) is 13.2. The quantitative estimate of drug-likeness (QED) is 0.907. The Kier molecular flexibility index (Phi) is 3.76. The van der Waals surface area contributed by atoms with Crippen LogP contribution >= 0.6 is 0 Å². The monoisotopic (exact) mass is 260 g/mol. The zero-order valence-corrected chi connectivity index (χ0v) is 11.8. The molecule has 1 aliphatic heterocycles. The van der Waals surface area contributed by atoms with Crippen LogP contribution in [0.15, 0.2) is 18.2 Å². The van der Waals surface area contributed by atoms with Crippen LogP contribution in [0.2, 0.25) is 0 Å². The standard InChI is InChI=1S/C16H24N2O/c1-19-14-8-7-12-4-2-6-16(15(12)10-14)18-9-3-5-13(18)11-17/h7-8,10,13,16H,2-6,9,11,17H2,1H3. The first-order chi connectivity index (χ1) is 9.33. The van der Waals surface area contributed by atoms with Crippen LogP contribution in [0.1, 0.15) is 42.9 Å². The number of aryl methyl sites for hydroxylation is 1. The number of rotatable bonds is 3. The smallest absolute Gasteiger partial charge is 0.119 e. The highest BCUT2D eigenvalue weighted by Crippen LogP contribution is 2.39. The normalized spacial score (nSPS) is 27.3. The van der Waals surface area contributed by atoms with E-state index in [2.05, 4.69) is 23.1 Å². The first kappa shape index (κ1) is 12.9. The van der Waals surface area contributed by atoms with Gasteiger partial charge in [0.25, 0.3) is 0 Å². The molecule has 0 spiro atoms. The zero-order valence-electron chi connectivity index (χ0n) is 11.8. The van der Waals surface area contributed by atoms with Gasteiger partial charge in [0, 0.05) is 18.6 Å². The molecule has 1 aliphatic carbocycles. The molecule has 104 valence electrons. The Morgan fingerprint density at radius 3 is 3.00 bits per heavy atom. The molecular formula is C16H24N2O. The molecule has 0 amide bonds. The van der Waals surface area contributed by atoms with Crippen LogP contribution in [0.5, 0.6) is 5.75 Å². The van der Waals surface area contributed by atoms with Gasteiger partial charge in [0.15, 0.2) is 0 Å². The second-order valence-corrected chi connectivity index (χ2v) is 5.74. The second-order valence-electron chi connectivity index (χ2n) is 5.74. The third kappa shape index (κ3) is 2.37. The summed E-state index contributed by atoms with van der Waals surface area (Å²) in [4.78, 5) is 2.64. The van der Waals surface area contributed by atoms with Gasteiger partial charge in [0.1, 0.15) is 5.75 Å². The van der Waals surface area contributed by atoms with Gasteiger partial charge in [-0.1, -0.05) is 6.07 Å². The highest BCUT2D eigenvalue weighted by Gasteiger charge is 2.33. The first-order valence-electron chi connectivity index (χ1n) is 7.46. The van der Waals surface area contributed by atoms with Crippen LogP contribution in [0.3, 0.4) is 0 Å². The number of fused-ring (bicyclic) bond motifs is 1. The number of nitrogens with two attached hydrogens (primary N) is 1. The van der Waals surface area contributed by atoms with Crippen molar-refractivity contribution in [3.8, 4) is 5.75 Å². The lowest BCUT2D eigenvalue weighted by molar-refractivity contribution is 0.166. The van der Waals surface area contributed by atoms with Crippen molar-refractivity contribution in [3.05, 3.63) is 29.3 Å². The van der Waals surface area contributed by atoms with E-state index in [4.69, 9.17) is 10.5 Å². The molecule has 1 aromatic rings. The molecule has 3 rings (SSSR count). The third-order valence-electron chi connectivity index (χ3n) is 4.73. The fourth-order valence-corrected chi connectivity index (χ4v) is 3.75. The van der Waals surface area contributed by atoms with Crippen molar-refractivity contribution in [1.29, 1.82) is 0 Å². The molecule has 3 nitrogen and oxygen atoms in total. The molecule has 2 unspecified atom stereocenters. The summed E-state index contributed by atoms with van der Waals surface area (Å²) in [6.07, 6.45) is 6.30. The highest BCUT2D eigenvalue weighted by atomic mass is 16.5. The second kappa shape index (κ2) is 5.51. The van der Waals surface area contributed by atoms with Crippen molar-refractivity contribution in [1.82, 2.24) is 4.90 Å². The third-order valence-corrected chi connectivity index (χ3v) is 4.73. The maximum absolute atomic E-state index is 5.94. The first-order valence-corrected chi connectivity index (χ1v) is 7.46. The SMILES string of the molecule is COc1ccc2c(c1)C(N1CCCC1CN)CCC2. The lowest BCUT2D eigenvalue weighted by atomic mass is 9.86. The summed E-state index contributed by atoms with van der Waals surface area (Å²) in [6.45, 7) is 1.99. The van der Waals surface area contributed by atoms with E-state index in [1.54, 1.807) is 7.11 Å². The minimum absolute atomic E-state index is 0.551. The van der Waals surface area contributed by atoms with Crippen LogP contribution in [0, 0.1) is 0 Å². The van der Waals surface area contributed by atoms with E-state index in [-0.39, 0.29) is 0 Å². The number of benzene rings is 1. The van der Waals surface area contributed by atoms with Crippen LogP contribution in [-0.4, -0.2) is 31.1 Å². The summed E-state index contributed by atoms with van der Waals surface area (Å²) in [5.41, 5.74) is 8.92. The Balaban J connectivity index is 1.92. The molecule has 19 heavy (non-hydrogen) atoms. The Hall–Kier alpha value is -1.06. The van der Waals surface area contributed by atoms with Gasteiger partial charge in [-0.2, -0.15) is 0 Å². The predicted octanol–water partition coefficient (Wildman–Crippen LogP) is 2.50. The van der Waals surface area contributed by atoms with Gasteiger partial charge in [0.05, 0.1) is 7.11 Å². The predicted molar refractivity (Wildman–Crippen MR) is 77.5 cm³/mol. The van der Waals surface area contributed by atoms with E-state index in [0.717, 1.165) is 12.3 Å². The largest absolute Gasteiger partial charge is 0.497 e. The summed E-state index contributed by atoms with van der Waals surface area (Å²) in [5, 5.41) is 0. The average molecular weight is 260 g/mol. The molecule has 3 heteroatoms. The van der Waals surface area contributed by atoms with Crippen molar-refractivity contribution in [2.45, 2.75) is 44.2 Å². The van der Waals surface area contributed by atoms with Gasteiger partial charge in [-0.3, -0.25) is 4.90 Å². The summed E-state index contributed by atoms with van der Waals surface area (Å²) < 4.78 is 5.40. The van der Waals surface area contributed by atoms with Crippen LogP contribution < -0.4 is 10.5 Å². The van der Waals surface area contributed by atoms with E-state index in [0.29, 0.717) is 12.1 Å². The molecule has 0 saturated carbocycles. The molecule has 1 fully saturated rings. The van der Waals surface area contributed by atoms with E-state index in [1.165, 1.54) is 49.8 Å². The Labute approximate surface area is 115 Å². The molecule has 2 aliphatic rings. The van der Waals surface area contributed by atoms with E-state index >= 15 is 0 Å². The maximum Gasteiger partial charge on any atom is 0.119 e. The van der Waals surface area contributed by atoms with Crippen LogP contribution in [-0.2, 0) is 6.42 Å². The molecule has 0 radical (unpaired) electrons. The summed E-state index contributed by atoms with van der Waals surface area (Å²) >= 11 is 0. The van der Waals surface area contributed by atoms with Gasteiger partial charge in [0.2, 0.25) is 0 Å². The number of methoxy groups -OCH3 is 1. The molecule has 0 aromatic heterocycles. The van der Waals surface area contributed by atoms with E-state index in [9.17, 15) is 0 Å². The number of hydrogen-bond donors (Lipinski definition) is 1.